The smallest absolute Gasteiger partial charge is 0.246 e. The van der Waals surface area contributed by atoms with Crippen molar-refractivity contribution in [3.8, 4) is 0 Å². The molecule has 4 heteroatoms. The van der Waals surface area contributed by atoms with Crippen molar-refractivity contribution in [3.05, 3.63) is 22.7 Å². The van der Waals surface area contributed by atoms with Gasteiger partial charge in [-0.2, -0.15) is 0 Å². The molecule has 0 N–H and O–H groups in total. The van der Waals surface area contributed by atoms with Crippen molar-refractivity contribution in [3.63, 3.8) is 0 Å². The first-order valence-corrected chi connectivity index (χ1v) is 4.42. The van der Waals surface area contributed by atoms with Crippen molar-refractivity contribution in [1.29, 1.82) is 0 Å². The summed E-state index contributed by atoms with van der Waals surface area (Å²) in [6.45, 7) is 0. The Labute approximate surface area is 75.3 Å². The normalized spacial score (nSPS) is 10.5. The summed E-state index contributed by atoms with van der Waals surface area (Å²) in [6.07, 6.45) is 3.22. The molecule has 0 atom stereocenters. The summed E-state index contributed by atoms with van der Waals surface area (Å²) in [4.78, 5) is 16.6. The number of carbonyl (C=O) groups is 1. The van der Waals surface area contributed by atoms with Crippen molar-refractivity contribution in [2.75, 3.05) is 14.1 Å². The number of aromatic nitrogens is 1. The van der Waals surface area contributed by atoms with Gasteiger partial charge in [0, 0.05) is 25.6 Å². The topological polar surface area (TPSA) is 33.2 Å². The molecule has 0 aliphatic heterocycles. The maximum Gasteiger partial charge on any atom is 0.246 e. The molecule has 0 aliphatic carbocycles. The Morgan fingerprint density at radius 2 is 2.42 bits per heavy atom. The molecule has 12 heavy (non-hydrogen) atoms. The molecule has 0 fully saturated rings. The fourth-order valence-electron chi connectivity index (χ4n) is 0.610. The van der Waals surface area contributed by atoms with Gasteiger partial charge in [-0.3, -0.25) is 4.79 Å². The van der Waals surface area contributed by atoms with Gasteiger partial charge in [0.2, 0.25) is 5.91 Å². The van der Waals surface area contributed by atoms with E-state index in [2.05, 4.69) is 4.98 Å². The Balaban J connectivity index is 2.57. The van der Waals surface area contributed by atoms with E-state index in [1.54, 1.807) is 25.7 Å². The van der Waals surface area contributed by atoms with Crippen LogP contribution < -0.4 is 0 Å². The molecule has 0 spiro atoms. The van der Waals surface area contributed by atoms with Crippen LogP contribution in [0.25, 0.3) is 6.08 Å². The number of thiazole rings is 1. The molecule has 3 nitrogen and oxygen atoms in total. The number of likely N-dealkylation sites (N-methyl/N-ethyl adjacent to an activating group) is 1. The maximum atomic E-state index is 11.1. The van der Waals surface area contributed by atoms with Crippen LogP contribution in [0, 0.1) is 0 Å². The minimum Gasteiger partial charge on any atom is -0.345 e. The van der Waals surface area contributed by atoms with Crippen LogP contribution in [-0.2, 0) is 4.79 Å². The Kier molecular flexibility index (Phi) is 2.99. The molecule has 1 amide bonds. The van der Waals surface area contributed by atoms with Gasteiger partial charge in [-0.15, -0.1) is 11.3 Å². The van der Waals surface area contributed by atoms with Crippen LogP contribution in [0.4, 0.5) is 0 Å². The van der Waals surface area contributed by atoms with E-state index in [-0.39, 0.29) is 5.91 Å². The van der Waals surface area contributed by atoms with Crippen LogP contribution in [0.3, 0.4) is 0 Å². The van der Waals surface area contributed by atoms with Gasteiger partial charge in [-0.05, 0) is 6.08 Å². The Morgan fingerprint density at radius 3 is 2.92 bits per heavy atom. The lowest BCUT2D eigenvalue weighted by Crippen LogP contribution is -2.18. The summed E-state index contributed by atoms with van der Waals surface area (Å²) in [6, 6.07) is 0. The highest BCUT2D eigenvalue weighted by Gasteiger charge is 1.96. The van der Waals surface area contributed by atoms with E-state index in [1.807, 2.05) is 5.38 Å². The van der Waals surface area contributed by atoms with Crippen molar-refractivity contribution < 1.29 is 4.79 Å². The quantitative estimate of drug-likeness (QED) is 0.645. The highest BCUT2D eigenvalue weighted by atomic mass is 32.1. The second-order valence-corrected chi connectivity index (χ2v) is 3.20. The summed E-state index contributed by atoms with van der Waals surface area (Å²) in [5.41, 5.74) is 2.56. The number of amides is 1. The number of nitrogens with zero attached hydrogens (tertiary/aromatic N) is 2. The summed E-state index contributed by atoms with van der Waals surface area (Å²) >= 11 is 1.51. The van der Waals surface area contributed by atoms with E-state index < -0.39 is 0 Å². The predicted octanol–water partition coefficient (Wildman–Crippen LogP) is 1.24. The van der Waals surface area contributed by atoms with Crippen LogP contribution in [0.5, 0.6) is 0 Å². The number of rotatable bonds is 2. The SMILES string of the molecule is CN(C)C(=O)/C=C/c1cscn1. The molecule has 1 aromatic rings. The van der Waals surface area contributed by atoms with Gasteiger partial charge in [0.05, 0.1) is 11.2 Å². The number of hydrogen-bond donors (Lipinski definition) is 0. The highest BCUT2D eigenvalue weighted by molar-refractivity contribution is 7.07. The lowest BCUT2D eigenvalue weighted by molar-refractivity contribution is -0.123. The standard InChI is InChI=1S/C8H10N2OS/c1-10(2)8(11)4-3-7-5-12-6-9-7/h3-6H,1-2H3/b4-3+. The van der Waals surface area contributed by atoms with Crippen LogP contribution in [-0.4, -0.2) is 29.9 Å². The van der Waals surface area contributed by atoms with Crippen molar-refractivity contribution in [2.45, 2.75) is 0 Å². The van der Waals surface area contributed by atoms with Crippen LogP contribution in [0.1, 0.15) is 5.69 Å². The number of hydrogen-bond acceptors (Lipinski definition) is 3. The molecule has 1 rings (SSSR count). The molecule has 0 aliphatic rings. The van der Waals surface area contributed by atoms with E-state index in [0.717, 1.165) is 5.69 Å². The van der Waals surface area contributed by atoms with E-state index in [9.17, 15) is 4.79 Å². The van der Waals surface area contributed by atoms with E-state index >= 15 is 0 Å². The van der Waals surface area contributed by atoms with Gasteiger partial charge < -0.3 is 4.90 Å². The van der Waals surface area contributed by atoms with Gasteiger partial charge >= 0.3 is 0 Å². The average molecular weight is 182 g/mol. The number of carbonyl (C=O) groups excluding carboxylic acids is 1. The first-order chi connectivity index (χ1) is 5.70. The third-order valence-electron chi connectivity index (χ3n) is 1.29. The molecule has 0 unspecified atom stereocenters. The minimum absolute atomic E-state index is 0.0250. The van der Waals surface area contributed by atoms with Gasteiger partial charge in [0.1, 0.15) is 0 Å². The van der Waals surface area contributed by atoms with E-state index in [1.165, 1.54) is 22.3 Å². The molecule has 0 saturated carbocycles. The third-order valence-corrected chi connectivity index (χ3v) is 1.89. The van der Waals surface area contributed by atoms with Crippen molar-refractivity contribution in [2.24, 2.45) is 0 Å². The van der Waals surface area contributed by atoms with Crippen LogP contribution in [0.15, 0.2) is 17.0 Å². The molecule has 1 aromatic heterocycles. The molecular weight excluding hydrogens is 172 g/mol. The summed E-state index contributed by atoms with van der Waals surface area (Å²) < 4.78 is 0. The summed E-state index contributed by atoms with van der Waals surface area (Å²) in [5.74, 6) is -0.0250. The second kappa shape index (κ2) is 4.01. The summed E-state index contributed by atoms with van der Waals surface area (Å²) in [7, 11) is 3.43. The van der Waals surface area contributed by atoms with Crippen LogP contribution >= 0.6 is 11.3 Å². The third kappa shape index (κ3) is 2.47. The Morgan fingerprint density at radius 1 is 1.67 bits per heavy atom. The lowest BCUT2D eigenvalue weighted by Gasteiger charge is -2.04. The van der Waals surface area contributed by atoms with E-state index in [4.69, 9.17) is 0 Å². The Bertz CT molecular complexity index is 277. The molecule has 0 radical (unpaired) electrons. The van der Waals surface area contributed by atoms with Crippen molar-refractivity contribution >= 4 is 23.3 Å². The van der Waals surface area contributed by atoms with Gasteiger partial charge in [-0.1, -0.05) is 0 Å². The van der Waals surface area contributed by atoms with E-state index in [0.29, 0.717) is 0 Å². The molecule has 0 bridgehead atoms. The minimum atomic E-state index is -0.0250. The van der Waals surface area contributed by atoms with Gasteiger partial charge in [-0.25, -0.2) is 4.98 Å². The average Bonchev–Trinajstić information content (AvgIpc) is 2.51. The first kappa shape index (κ1) is 8.93. The molecule has 0 aromatic carbocycles. The maximum absolute atomic E-state index is 11.1. The first-order valence-electron chi connectivity index (χ1n) is 3.47. The molecule has 64 valence electrons. The lowest BCUT2D eigenvalue weighted by atomic mass is 10.4. The zero-order valence-corrected chi connectivity index (χ0v) is 7.84. The zero-order valence-electron chi connectivity index (χ0n) is 7.02. The second-order valence-electron chi connectivity index (χ2n) is 2.48. The largest absolute Gasteiger partial charge is 0.345 e. The molecule has 1 heterocycles. The predicted molar refractivity (Wildman–Crippen MR) is 49.8 cm³/mol. The fourth-order valence-corrected chi connectivity index (χ4v) is 1.13. The molecular formula is C8H10N2OS. The van der Waals surface area contributed by atoms with Crippen LogP contribution in [0.2, 0.25) is 0 Å². The monoisotopic (exact) mass is 182 g/mol. The Hall–Kier alpha value is -1.16. The van der Waals surface area contributed by atoms with Gasteiger partial charge in [0.25, 0.3) is 0 Å². The molecule has 0 saturated heterocycles. The highest BCUT2D eigenvalue weighted by Crippen LogP contribution is 2.02. The van der Waals surface area contributed by atoms with Gasteiger partial charge in [0.15, 0.2) is 0 Å². The fraction of sp³-hybridized carbons (Fsp3) is 0.250. The van der Waals surface area contributed by atoms with Crippen molar-refractivity contribution in [1.82, 2.24) is 9.88 Å². The zero-order chi connectivity index (χ0) is 8.97. The summed E-state index contributed by atoms with van der Waals surface area (Å²) in [5, 5.41) is 1.89.